The van der Waals surface area contributed by atoms with Gasteiger partial charge in [0.05, 0.1) is 10.6 Å². The first-order valence-electron chi connectivity index (χ1n) is 9.77. The summed E-state index contributed by atoms with van der Waals surface area (Å²) in [5, 5.41) is 2.18. The number of aromatic nitrogens is 2. The number of unbranched alkanes of at least 4 members (excludes halogenated alkanes) is 2. The van der Waals surface area contributed by atoms with Gasteiger partial charge in [-0.3, -0.25) is 14.2 Å². The van der Waals surface area contributed by atoms with Crippen molar-refractivity contribution in [1.29, 1.82) is 0 Å². The Hall–Kier alpha value is -1.55. The van der Waals surface area contributed by atoms with Gasteiger partial charge in [-0.2, -0.15) is 13.2 Å². The summed E-state index contributed by atoms with van der Waals surface area (Å²) in [4.78, 5) is 31.8. The smallest absolute Gasteiger partial charge is 0.346 e. The fraction of sp³-hybridized carbons (Fsp3) is 0.632. The zero-order valence-electron chi connectivity index (χ0n) is 16.4. The molecule has 160 valence electrons. The predicted octanol–water partition coefficient (Wildman–Crippen LogP) is 4.30. The van der Waals surface area contributed by atoms with Crippen LogP contribution in [-0.4, -0.2) is 33.4 Å². The Morgan fingerprint density at radius 2 is 2.10 bits per heavy atom. The van der Waals surface area contributed by atoms with Crippen molar-refractivity contribution in [3.05, 3.63) is 20.8 Å². The van der Waals surface area contributed by atoms with Crippen LogP contribution in [0.5, 0.6) is 0 Å². The van der Waals surface area contributed by atoms with E-state index in [1.165, 1.54) is 23.1 Å². The van der Waals surface area contributed by atoms with Gasteiger partial charge >= 0.3 is 6.18 Å². The molecule has 0 aliphatic heterocycles. The fourth-order valence-electron chi connectivity index (χ4n) is 3.41. The highest BCUT2D eigenvalue weighted by atomic mass is 32.2. The Bertz CT molecular complexity index is 953. The average Bonchev–Trinajstić information content (AvgIpc) is 3.22. The first-order chi connectivity index (χ1) is 13.7. The third-order valence-corrected chi connectivity index (χ3v) is 7.17. The Morgan fingerprint density at radius 3 is 2.79 bits per heavy atom. The second-order valence-corrected chi connectivity index (χ2v) is 9.58. The summed E-state index contributed by atoms with van der Waals surface area (Å²) in [6.45, 7) is 2.71. The fourth-order valence-corrected chi connectivity index (χ4v) is 5.67. The van der Waals surface area contributed by atoms with Crippen molar-refractivity contribution in [2.75, 3.05) is 6.54 Å². The summed E-state index contributed by atoms with van der Waals surface area (Å²) < 4.78 is 38.7. The van der Waals surface area contributed by atoms with Crippen LogP contribution in [0, 0.1) is 0 Å². The van der Waals surface area contributed by atoms with E-state index in [1.54, 1.807) is 4.57 Å². The average molecular weight is 448 g/mol. The summed E-state index contributed by atoms with van der Waals surface area (Å²) in [6.07, 6.45) is 1.16. The molecule has 29 heavy (non-hydrogen) atoms. The number of thiophene rings is 1. The molecule has 1 N–H and O–H groups in total. The number of halogens is 3. The van der Waals surface area contributed by atoms with Crippen molar-refractivity contribution in [3.8, 4) is 0 Å². The minimum absolute atomic E-state index is 0.101. The molecule has 0 saturated heterocycles. The van der Waals surface area contributed by atoms with Crippen molar-refractivity contribution < 1.29 is 18.0 Å². The van der Waals surface area contributed by atoms with Crippen LogP contribution in [0.1, 0.15) is 50.0 Å². The van der Waals surface area contributed by atoms with Crippen LogP contribution in [0.4, 0.5) is 13.2 Å². The van der Waals surface area contributed by atoms with Crippen LogP contribution in [0.15, 0.2) is 9.95 Å². The third-order valence-electron chi connectivity index (χ3n) is 4.89. The van der Waals surface area contributed by atoms with E-state index in [9.17, 15) is 22.8 Å². The number of aryl methyl sites for hydroxylation is 2. The molecule has 1 amide bonds. The Balaban J connectivity index is 1.90. The molecule has 1 unspecified atom stereocenters. The van der Waals surface area contributed by atoms with Crippen LogP contribution in [0.3, 0.4) is 0 Å². The number of alkyl halides is 3. The minimum atomic E-state index is -4.46. The largest absolute Gasteiger partial charge is 0.405 e. The molecular weight excluding hydrogens is 423 g/mol. The predicted molar refractivity (Wildman–Crippen MR) is 110 cm³/mol. The lowest BCUT2D eigenvalue weighted by Gasteiger charge is -2.16. The van der Waals surface area contributed by atoms with Gasteiger partial charge in [-0.25, -0.2) is 4.98 Å². The van der Waals surface area contributed by atoms with E-state index in [0.717, 1.165) is 55.9 Å². The maximum Gasteiger partial charge on any atom is 0.405 e. The van der Waals surface area contributed by atoms with E-state index >= 15 is 0 Å². The highest BCUT2D eigenvalue weighted by molar-refractivity contribution is 8.00. The molecule has 0 saturated carbocycles. The maximum atomic E-state index is 13.2. The second kappa shape index (κ2) is 9.07. The lowest BCUT2D eigenvalue weighted by molar-refractivity contribution is -0.137. The molecule has 0 fully saturated rings. The van der Waals surface area contributed by atoms with Gasteiger partial charge in [-0.05, 0) is 38.2 Å². The topological polar surface area (TPSA) is 64.0 Å². The summed E-state index contributed by atoms with van der Waals surface area (Å²) >= 11 is 2.55. The zero-order chi connectivity index (χ0) is 21.2. The minimum Gasteiger partial charge on any atom is -0.346 e. The van der Waals surface area contributed by atoms with Crippen LogP contribution >= 0.6 is 23.1 Å². The molecule has 1 aliphatic carbocycles. The molecule has 2 aromatic rings. The number of nitrogens with zero attached hydrogens (tertiary/aromatic N) is 2. The number of nitrogens with one attached hydrogen (secondary N) is 1. The van der Waals surface area contributed by atoms with Crippen LogP contribution in [0.2, 0.25) is 0 Å². The summed E-state index contributed by atoms with van der Waals surface area (Å²) in [7, 11) is 0. The van der Waals surface area contributed by atoms with Crippen molar-refractivity contribution in [1.82, 2.24) is 14.9 Å². The van der Waals surface area contributed by atoms with Gasteiger partial charge in [0, 0.05) is 11.4 Å². The number of hydrogen-bond acceptors (Lipinski definition) is 5. The number of thioether (sulfide) groups is 1. The van der Waals surface area contributed by atoms with Crippen LogP contribution < -0.4 is 10.9 Å². The molecule has 2 heterocycles. The van der Waals surface area contributed by atoms with Crippen LogP contribution in [-0.2, 0) is 24.2 Å². The van der Waals surface area contributed by atoms with E-state index < -0.39 is 23.9 Å². The number of fused-ring (bicyclic) bond motifs is 3. The number of hydrogen-bond donors (Lipinski definition) is 1. The van der Waals surface area contributed by atoms with E-state index in [0.29, 0.717) is 21.9 Å². The maximum absolute atomic E-state index is 13.2. The lowest BCUT2D eigenvalue weighted by atomic mass is 10.2. The van der Waals surface area contributed by atoms with Gasteiger partial charge < -0.3 is 5.32 Å². The molecule has 0 aromatic carbocycles. The standard InChI is InChI=1S/C19H24F3N3O2S2/c1-3-4-5-9-25-17(27)14-12-7-6-8-13(12)29-16(14)24-18(25)28-11(2)15(26)23-10-19(20,21)22/h11H,3-10H2,1-2H3,(H,23,26). The van der Waals surface area contributed by atoms with Gasteiger partial charge in [-0.1, -0.05) is 31.5 Å². The number of carbonyl (C=O) groups is 1. The Labute approximate surface area is 175 Å². The molecular formula is C19H24F3N3O2S2. The molecule has 1 aliphatic rings. The van der Waals surface area contributed by atoms with E-state index in [1.807, 2.05) is 5.32 Å². The van der Waals surface area contributed by atoms with Gasteiger partial charge in [0.15, 0.2) is 5.16 Å². The quantitative estimate of drug-likeness (QED) is 0.372. The summed E-state index contributed by atoms with van der Waals surface area (Å²) in [5.74, 6) is -0.726. The monoisotopic (exact) mass is 447 g/mol. The molecule has 10 heteroatoms. The molecule has 3 rings (SSSR count). The summed E-state index contributed by atoms with van der Waals surface area (Å²) in [5.41, 5.74) is 0.996. The second-order valence-electron chi connectivity index (χ2n) is 7.19. The molecule has 2 aromatic heterocycles. The van der Waals surface area contributed by atoms with Gasteiger partial charge in [-0.15, -0.1) is 11.3 Å². The van der Waals surface area contributed by atoms with Gasteiger partial charge in [0.1, 0.15) is 11.4 Å². The first-order valence-corrected chi connectivity index (χ1v) is 11.5. The number of carbonyl (C=O) groups excluding carboxylic acids is 1. The normalized spacial score (nSPS) is 14.9. The van der Waals surface area contributed by atoms with Gasteiger partial charge in [0.25, 0.3) is 5.56 Å². The lowest BCUT2D eigenvalue weighted by Crippen LogP contribution is -2.38. The number of rotatable bonds is 8. The molecule has 0 spiro atoms. The zero-order valence-corrected chi connectivity index (χ0v) is 18.0. The molecule has 5 nitrogen and oxygen atoms in total. The Kier molecular flexibility index (Phi) is 6.93. The SMILES string of the molecule is CCCCCn1c(SC(C)C(=O)NCC(F)(F)F)nc2sc3c(c2c1=O)CCC3. The highest BCUT2D eigenvalue weighted by Gasteiger charge is 2.30. The third kappa shape index (κ3) is 5.14. The van der Waals surface area contributed by atoms with Crippen molar-refractivity contribution in [2.45, 2.75) is 75.5 Å². The van der Waals surface area contributed by atoms with Crippen LogP contribution in [0.25, 0.3) is 10.2 Å². The van der Waals surface area contributed by atoms with E-state index in [4.69, 9.17) is 0 Å². The molecule has 1 atom stereocenters. The van der Waals surface area contributed by atoms with Crippen molar-refractivity contribution >= 4 is 39.2 Å². The highest BCUT2D eigenvalue weighted by Crippen LogP contribution is 2.36. The van der Waals surface area contributed by atoms with E-state index in [-0.39, 0.29) is 5.56 Å². The molecule has 0 bridgehead atoms. The number of amides is 1. The Morgan fingerprint density at radius 1 is 1.34 bits per heavy atom. The van der Waals surface area contributed by atoms with E-state index in [2.05, 4.69) is 11.9 Å². The first kappa shape index (κ1) is 22.1. The van der Waals surface area contributed by atoms with Crippen molar-refractivity contribution in [2.24, 2.45) is 0 Å². The summed E-state index contributed by atoms with van der Waals surface area (Å²) in [6, 6.07) is 0. The molecule has 0 radical (unpaired) electrons. The van der Waals surface area contributed by atoms with Gasteiger partial charge in [0.2, 0.25) is 5.91 Å². The van der Waals surface area contributed by atoms with Crippen molar-refractivity contribution in [3.63, 3.8) is 0 Å².